The number of carbonyl (C=O) groups excluding carboxylic acids is 1. The number of hydrogen-bond acceptors (Lipinski definition) is 3. The molecule has 0 radical (unpaired) electrons. The number of halogens is 1. The molecule has 0 saturated carbocycles. The van der Waals surface area contributed by atoms with Gasteiger partial charge in [-0.1, -0.05) is 6.07 Å². The predicted octanol–water partition coefficient (Wildman–Crippen LogP) is 3.38. The number of ether oxygens (including phenoxy) is 1. The Hall–Kier alpha value is -1.80. The number of benzene rings is 1. The van der Waals surface area contributed by atoms with Gasteiger partial charge in [0.15, 0.2) is 0 Å². The fourth-order valence-electron chi connectivity index (χ4n) is 2.28. The SMILES string of the molecule is CCOc1ccc(/C=C(\C#N)C(=O)N2CCCC2)cc1Br. The second kappa shape index (κ2) is 7.28. The first-order valence-electron chi connectivity index (χ1n) is 6.99. The average molecular weight is 349 g/mol. The van der Waals surface area contributed by atoms with E-state index in [0.29, 0.717) is 6.61 Å². The molecular formula is C16H17BrN2O2. The number of nitriles is 1. The van der Waals surface area contributed by atoms with Gasteiger partial charge >= 0.3 is 0 Å². The van der Waals surface area contributed by atoms with E-state index >= 15 is 0 Å². The summed E-state index contributed by atoms with van der Waals surface area (Å²) >= 11 is 3.43. The molecule has 0 bridgehead atoms. The van der Waals surface area contributed by atoms with E-state index in [1.54, 1.807) is 11.0 Å². The van der Waals surface area contributed by atoms with E-state index in [-0.39, 0.29) is 11.5 Å². The van der Waals surface area contributed by atoms with Crippen LogP contribution in [-0.2, 0) is 4.79 Å². The molecule has 1 aliphatic heterocycles. The Bertz CT molecular complexity index is 599. The van der Waals surface area contributed by atoms with Gasteiger partial charge in [-0.05, 0) is 59.5 Å². The third kappa shape index (κ3) is 3.85. The molecule has 0 aliphatic carbocycles. The van der Waals surface area contributed by atoms with Crippen molar-refractivity contribution in [2.24, 2.45) is 0 Å². The van der Waals surface area contributed by atoms with Gasteiger partial charge < -0.3 is 9.64 Å². The van der Waals surface area contributed by atoms with Crippen LogP contribution in [0.2, 0.25) is 0 Å². The summed E-state index contributed by atoms with van der Waals surface area (Å²) in [6.07, 6.45) is 3.65. The maximum absolute atomic E-state index is 12.2. The maximum Gasteiger partial charge on any atom is 0.264 e. The summed E-state index contributed by atoms with van der Waals surface area (Å²) in [4.78, 5) is 14.0. The quantitative estimate of drug-likeness (QED) is 0.619. The molecule has 1 aliphatic rings. The van der Waals surface area contributed by atoms with Crippen LogP contribution in [0.5, 0.6) is 5.75 Å². The highest BCUT2D eigenvalue weighted by molar-refractivity contribution is 9.10. The zero-order valence-electron chi connectivity index (χ0n) is 11.9. The van der Waals surface area contributed by atoms with Crippen LogP contribution in [-0.4, -0.2) is 30.5 Å². The zero-order chi connectivity index (χ0) is 15.2. The van der Waals surface area contributed by atoms with Crippen molar-refractivity contribution in [2.45, 2.75) is 19.8 Å². The number of rotatable bonds is 4. The van der Waals surface area contributed by atoms with Crippen molar-refractivity contribution in [3.8, 4) is 11.8 Å². The summed E-state index contributed by atoms with van der Waals surface area (Å²) in [6.45, 7) is 3.99. The normalized spacial score (nSPS) is 14.9. The van der Waals surface area contributed by atoms with Gasteiger partial charge in [0.1, 0.15) is 17.4 Å². The van der Waals surface area contributed by atoms with E-state index in [1.807, 2.05) is 31.2 Å². The van der Waals surface area contributed by atoms with Gasteiger partial charge in [0.05, 0.1) is 11.1 Å². The highest BCUT2D eigenvalue weighted by Gasteiger charge is 2.21. The molecule has 1 amide bonds. The van der Waals surface area contributed by atoms with Crippen molar-refractivity contribution in [1.29, 1.82) is 5.26 Å². The first-order chi connectivity index (χ1) is 10.2. The molecule has 2 rings (SSSR count). The van der Waals surface area contributed by atoms with E-state index < -0.39 is 0 Å². The number of carbonyl (C=O) groups is 1. The molecule has 0 aromatic heterocycles. The van der Waals surface area contributed by atoms with E-state index in [4.69, 9.17) is 4.74 Å². The van der Waals surface area contributed by atoms with Crippen LogP contribution in [0.25, 0.3) is 6.08 Å². The van der Waals surface area contributed by atoms with Crippen LogP contribution in [0.1, 0.15) is 25.3 Å². The van der Waals surface area contributed by atoms with Crippen LogP contribution in [0.4, 0.5) is 0 Å². The zero-order valence-corrected chi connectivity index (χ0v) is 13.5. The Morgan fingerprint density at radius 3 is 2.76 bits per heavy atom. The molecule has 21 heavy (non-hydrogen) atoms. The molecule has 0 N–H and O–H groups in total. The third-order valence-electron chi connectivity index (χ3n) is 3.31. The number of likely N-dealkylation sites (tertiary alicyclic amines) is 1. The lowest BCUT2D eigenvalue weighted by Crippen LogP contribution is -2.28. The van der Waals surface area contributed by atoms with Crippen molar-refractivity contribution in [3.05, 3.63) is 33.8 Å². The summed E-state index contributed by atoms with van der Waals surface area (Å²) in [6, 6.07) is 7.52. The van der Waals surface area contributed by atoms with Crippen molar-refractivity contribution >= 4 is 27.9 Å². The summed E-state index contributed by atoms with van der Waals surface area (Å²) in [5, 5.41) is 9.22. The van der Waals surface area contributed by atoms with Crippen LogP contribution >= 0.6 is 15.9 Å². The van der Waals surface area contributed by atoms with Crippen molar-refractivity contribution < 1.29 is 9.53 Å². The van der Waals surface area contributed by atoms with Crippen molar-refractivity contribution in [1.82, 2.24) is 4.90 Å². The second-order valence-corrected chi connectivity index (χ2v) is 5.65. The third-order valence-corrected chi connectivity index (χ3v) is 3.93. The molecule has 1 aromatic carbocycles. The van der Waals surface area contributed by atoms with Gasteiger partial charge in [-0.25, -0.2) is 0 Å². The molecular weight excluding hydrogens is 332 g/mol. The summed E-state index contributed by atoms with van der Waals surface area (Å²) in [5.74, 6) is 0.569. The van der Waals surface area contributed by atoms with Crippen LogP contribution in [0, 0.1) is 11.3 Å². The van der Waals surface area contributed by atoms with Gasteiger partial charge in [-0.3, -0.25) is 4.79 Å². The molecule has 1 fully saturated rings. The van der Waals surface area contributed by atoms with E-state index in [2.05, 4.69) is 15.9 Å². The fraction of sp³-hybridized carbons (Fsp3) is 0.375. The molecule has 5 heteroatoms. The number of nitrogens with zero attached hydrogens (tertiary/aromatic N) is 2. The monoisotopic (exact) mass is 348 g/mol. The summed E-state index contributed by atoms with van der Waals surface area (Å²) in [7, 11) is 0. The molecule has 110 valence electrons. The predicted molar refractivity (Wildman–Crippen MR) is 84.7 cm³/mol. The first kappa shape index (κ1) is 15.6. The highest BCUT2D eigenvalue weighted by atomic mass is 79.9. The highest BCUT2D eigenvalue weighted by Crippen LogP contribution is 2.27. The van der Waals surface area contributed by atoms with Gasteiger partial charge in [0.25, 0.3) is 5.91 Å². The molecule has 0 spiro atoms. The smallest absolute Gasteiger partial charge is 0.264 e. The first-order valence-corrected chi connectivity index (χ1v) is 7.78. The van der Waals surface area contributed by atoms with Gasteiger partial charge in [-0.15, -0.1) is 0 Å². The molecule has 0 atom stereocenters. The Morgan fingerprint density at radius 1 is 1.48 bits per heavy atom. The molecule has 4 nitrogen and oxygen atoms in total. The second-order valence-electron chi connectivity index (χ2n) is 4.79. The van der Waals surface area contributed by atoms with Gasteiger partial charge in [-0.2, -0.15) is 5.26 Å². The fourth-order valence-corrected chi connectivity index (χ4v) is 2.79. The standard InChI is InChI=1S/C16H17BrN2O2/c1-2-21-15-6-5-12(10-14(15)17)9-13(11-18)16(20)19-7-3-4-8-19/h5-6,9-10H,2-4,7-8H2,1H3/b13-9+. The molecule has 1 saturated heterocycles. The Kier molecular flexibility index (Phi) is 5.40. The van der Waals surface area contributed by atoms with Crippen LogP contribution in [0.3, 0.4) is 0 Å². The lowest BCUT2D eigenvalue weighted by atomic mass is 10.1. The van der Waals surface area contributed by atoms with Crippen LogP contribution in [0.15, 0.2) is 28.2 Å². The topological polar surface area (TPSA) is 53.3 Å². The molecule has 1 heterocycles. The summed E-state index contributed by atoms with van der Waals surface area (Å²) in [5.41, 5.74) is 0.974. The van der Waals surface area contributed by atoms with Gasteiger partial charge in [0, 0.05) is 13.1 Å². The van der Waals surface area contributed by atoms with E-state index in [1.165, 1.54) is 0 Å². The van der Waals surface area contributed by atoms with Crippen molar-refractivity contribution in [2.75, 3.05) is 19.7 Å². The van der Waals surface area contributed by atoms with Gasteiger partial charge in [0.2, 0.25) is 0 Å². The largest absolute Gasteiger partial charge is 0.493 e. The minimum absolute atomic E-state index is 0.174. The Balaban J connectivity index is 2.21. The molecule has 0 unspecified atom stereocenters. The lowest BCUT2D eigenvalue weighted by Gasteiger charge is -2.14. The minimum atomic E-state index is -0.181. The number of hydrogen-bond donors (Lipinski definition) is 0. The average Bonchev–Trinajstić information content (AvgIpc) is 3.01. The van der Waals surface area contributed by atoms with E-state index in [0.717, 1.165) is 41.7 Å². The maximum atomic E-state index is 12.2. The van der Waals surface area contributed by atoms with Crippen LogP contribution < -0.4 is 4.74 Å². The lowest BCUT2D eigenvalue weighted by molar-refractivity contribution is -0.125. The van der Waals surface area contributed by atoms with E-state index in [9.17, 15) is 10.1 Å². The Morgan fingerprint density at radius 2 is 2.19 bits per heavy atom. The summed E-state index contributed by atoms with van der Waals surface area (Å²) < 4.78 is 6.25. The Labute approximate surface area is 133 Å². The minimum Gasteiger partial charge on any atom is -0.493 e. The molecule has 1 aromatic rings. The number of amides is 1. The van der Waals surface area contributed by atoms with Crippen molar-refractivity contribution in [3.63, 3.8) is 0 Å².